The van der Waals surface area contributed by atoms with Crippen molar-refractivity contribution in [1.29, 1.82) is 0 Å². The van der Waals surface area contributed by atoms with Crippen LogP contribution in [-0.2, 0) is 16.6 Å². The van der Waals surface area contributed by atoms with Crippen molar-refractivity contribution in [2.45, 2.75) is 18.4 Å². The second kappa shape index (κ2) is 7.94. The van der Waals surface area contributed by atoms with E-state index in [0.717, 1.165) is 5.69 Å². The summed E-state index contributed by atoms with van der Waals surface area (Å²) in [6.07, 6.45) is 1.57. The first kappa shape index (κ1) is 19.6. The normalized spacial score (nSPS) is 16.2. The predicted octanol–water partition coefficient (Wildman–Crippen LogP) is 2.64. The first-order valence-corrected chi connectivity index (χ1v) is 10.7. The van der Waals surface area contributed by atoms with Crippen LogP contribution >= 0.6 is 0 Å². The molecule has 3 heterocycles. The Kier molecular flexibility index (Phi) is 5.35. The molecule has 0 amide bonds. The fourth-order valence-electron chi connectivity index (χ4n) is 3.30. The number of ketones is 1. The van der Waals surface area contributed by atoms with Gasteiger partial charge in [-0.2, -0.15) is 4.31 Å². The molecule has 29 heavy (non-hydrogen) atoms. The van der Waals surface area contributed by atoms with Crippen LogP contribution in [0.25, 0.3) is 11.5 Å². The molecule has 0 spiro atoms. The quantitative estimate of drug-likeness (QED) is 0.571. The molecule has 1 aromatic carbocycles. The van der Waals surface area contributed by atoms with Gasteiger partial charge < -0.3 is 8.94 Å². The SMILES string of the molecule is CC(=O)c1cccc(S(=O)(=O)N2CCN(Cc3cc(-c4ccco4)on3)CC2)c1. The highest BCUT2D eigenvalue weighted by Gasteiger charge is 2.29. The van der Waals surface area contributed by atoms with Crippen LogP contribution in [0.5, 0.6) is 0 Å². The summed E-state index contributed by atoms with van der Waals surface area (Å²) >= 11 is 0. The lowest BCUT2D eigenvalue weighted by Crippen LogP contribution is -2.48. The second-order valence-corrected chi connectivity index (χ2v) is 8.86. The summed E-state index contributed by atoms with van der Waals surface area (Å²) < 4.78 is 37.9. The molecule has 0 saturated carbocycles. The molecule has 2 aromatic heterocycles. The van der Waals surface area contributed by atoms with Gasteiger partial charge in [-0.25, -0.2) is 8.42 Å². The standard InChI is InChI=1S/C20H21N3O5S/c1-15(24)16-4-2-5-18(12-16)29(25,26)23-9-7-22(8-10-23)14-17-13-20(28-21-17)19-6-3-11-27-19/h2-6,11-13H,7-10,14H2,1H3. The molecular weight excluding hydrogens is 394 g/mol. The molecule has 1 fully saturated rings. The smallest absolute Gasteiger partial charge is 0.243 e. The van der Waals surface area contributed by atoms with Crippen LogP contribution in [0.1, 0.15) is 23.0 Å². The Morgan fingerprint density at radius 1 is 1.07 bits per heavy atom. The van der Waals surface area contributed by atoms with Crippen molar-refractivity contribution in [3.05, 3.63) is 60.0 Å². The van der Waals surface area contributed by atoms with Gasteiger partial charge in [0.05, 0.1) is 16.9 Å². The summed E-state index contributed by atoms with van der Waals surface area (Å²) in [5.41, 5.74) is 1.16. The van der Waals surface area contributed by atoms with Gasteiger partial charge >= 0.3 is 0 Å². The third-order valence-corrected chi connectivity index (χ3v) is 6.81. The third kappa shape index (κ3) is 4.16. The first-order chi connectivity index (χ1) is 13.9. The molecule has 0 N–H and O–H groups in total. The molecule has 8 nitrogen and oxygen atoms in total. The fraction of sp³-hybridized carbons (Fsp3) is 0.300. The van der Waals surface area contributed by atoms with E-state index < -0.39 is 10.0 Å². The Bertz CT molecular complexity index is 1100. The zero-order chi connectivity index (χ0) is 20.4. The van der Waals surface area contributed by atoms with Crippen LogP contribution in [0.4, 0.5) is 0 Å². The largest absolute Gasteiger partial charge is 0.461 e. The summed E-state index contributed by atoms with van der Waals surface area (Å²) in [5, 5.41) is 4.07. The van der Waals surface area contributed by atoms with Crippen molar-refractivity contribution < 1.29 is 22.2 Å². The first-order valence-electron chi connectivity index (χ1n) is 9.26. The Balaban J connectivity index is 1.39. The lowest BCUT2D eigenvalue weighted by molar-refractivity contribution is 0.101. The molecule has 0 aliphatic carbocycles. The molecule has 3 aromatic rings. The molecule has 0 unspecified atom stereocenters. The van der Waals surface area contributed by atoms with Gasteiger partial charge in [0.2, 0.25) is 15.8 Å². The number of hydrogen-bond donors (Lipinski definition) is 0. The number of carbonyl (C=O) groups is 1. The van der Waals surface area contributed by atoms with Gasteiger partial charge in [-0.15, -0.1) is 0 Å². The molecule has 4 rings (SSSR count). The van der Waals surface area contributed by atoms with Crippen LogP contribution in [0.3, 0.4) is 0 Å². The van der Waals surface area contributed by atoms with Crippen LogP contribution < -0.4 is 0 Å². The van der Waals surface area contributed by atoms with Crippen molar-refractivity contribution in [2.75, 3.05) is 26.2 Å². The second-order valence-electron chi connectivity index (χ2n) is 6.92. The summed E-state index contributed by atoms with van der Waals surface area (Å²) in [5.74, 6) is 1.03. The van der Waals surface area contributed by atoms with Crippen LogP contribution in [-0.4, -0.2) is 54.7 Å². The lowest BCUT2D eigenvalue weighted by atomic mass is 10.2. The van der Waals surface area contributed by atoms with Crippen molar-refractivity contribution >= 4 is 15.8 Å². The molecule has 9 heteroatoms. The zero-order valence-electron chi connectivity index (χ0n) is 15.9. The number of furan rings is 1. The fourth-order valence-corrected chi connectivity index (χ4v) is 4.77. The number of nitrogens with zero attached hydrogens (tertiary/aromatic N) is 3. The van der Waals surface area contributed by atoms with E-state index in [-0.39, 0.29) is 10.7 Å². The minimum atomic E-state index is -3.63. The van der Waals surface area contributed by atoms with E-state index in [9.17, 15) is 13.2 Å². The number of rotatable bonds is 6. The lowest BCUT2D eigenvalue weighted by Gasteiger charge is -2.33. The Labute approximate surface area is 168 Å². The molecule has 152 valence electrons. The molecular formula is C20H21N3O5S. The number of hydrogen-bond acceptors (Lipinski definition) is 7. The molecule has 1 aliphatic rings. The Morgan fingerprint density at radius 2 is 1.86 bits per heavy atom. The van der Waals surface area contributed by atoms with Crippen molar-refractivity contribution in [3.8, 4) is 11.5 Å². The van der Waals surface area contributed by atoms with Crippen LogP contribution in [0.15, 0.2) is 62.6 Å². The maximum Gasteiger partial charge on any atom is 0.243 e. The number of piperazine rings is 1. The van der Waals surface area contributed by atoms with Gasteiger partial charge in [-0.1, -0.05) is 17.3 Å². The van der Waals surface area contributed by atoms with E-state index in [0.29, 0.717) is 49.8 Å². The van der Waals surface area contributed by atoms with E-state index in [1.165, 1.54) is 23.4 Å². The van der Waals surface area contributed by atoms with Crippen molar-refractivity contribution in [3.63, 3.8) is 0 Å². The summed E-state index contributed by atoms with van der Waals surface area (Å²) in [6.45, 7) is 3.89. The van der Waals surface area contributed by atoms with Gasteiger partial charge in [0, 0.05) is 44.4 Å². The maximum absolute atomic E-state index is 12.9. The van der Waals surface area contributed by atoms with E-state index in [1.54, 1.807) is 30.5 Å². The highest BCUT2D eigenvalue weighted by Crippen LogP contribution is 2.23. The number of sulfonamides is 1. The summed E-state index contributed by atoms with van der Waals surface area (Å²) in [4.78, 5) is 13.8. The van der Waals surface area contributed by atoms with E-state index >= 15 is 0 Å². The van der Waals surface area contributed by atoms with Gasteiger partial charge in [-0.05, 0) is 31.2 Å². The van der Waals surface area contributed by atoms with Crippen molar-refractivity contribution in [2.24, 2.45) is 0 Å². The van der Waals surface area contributed by atoms with Gasteiger partial charge in [-0.3, -0.25) is 9.69 Å². The highest BCUT2D eigenvalue weighted by atomic mass is 32.2. The van der Waals surface area contributed by atoms with E-state index in [2.05, 4.69) is 10.1 Å². The van der Waals surface area contributed by atoms with Crippen LogP contribution in [0.2, 0.25) is 0 Å². The van der Waals surface area contributed by atoms with E-state index in [4.69, 9.17) is 8.94 Å². The number of Topliss-reactive ketones (excluding diaryl/α,β-unsaturated/α-hetero) is 1. The molecule has 0 atom stereocenters. The van der Waals surface area contributed by atoms with Gasteiger partial charge in [0.1, 0.15) is 0 Å². The monoisotopic (exact) mass is 415 g/mol. The van der Waals surface area contributed by atoms with E-state index in [1.807, 2.05) is 6.07 Å². The minimum Gasteiger partial charge on any atom is -0.461 e. The average molecular weight is 415 g/mol. The molecule has 0 radical (unpaired) electrons. The van der Waals surface area contributed by atoms with Crippen LogP contribution in [0, 0.1) is 0 Å². The Hall–Kier alpha value is -2.75. The molecule has 1 saturated heterocycles. The number of benzene rings is 1. The summed E-state index contributed by atoms with van der Waals surface area (Å²) in [7, 11) is -3.63. The average Bonchev–Trinajstić information content (AvgIpc) is 3.40. The zero-order valence-corrected chi connectivity index (χ0v) is 16.8. The molecule has 1 aliphatic heterocycles. The summed E-state index contributed by atoms with van der Waals surface area (Å²) in [6, 6.07) is 11.6. The topological polar surface area (TPSA) is 96.9 Å². The third-order valence-electron chi connectivity index (χ3n) is 4.92. The maximum atomic E-state index is 12.9. The minimum absolute atomic E-state index is 0.151. The number of aromatic nitrogens is 1. The molecule has 0 bridgehead atoms. The highest BCUT2D eigenvalue weighted by molar-refractivity contribution is 7.89. The number of carbonyl (C=O) groups excluding carboxylic acids is 1. The van der Waals surface area contributed by atoms with Gasteiger partial charge in [0.15, 0.2) is 11.5 Å². The van der Waals surface area contributed by atoms with Crippen molar-refractivity contribution in [1.82, 2.24) is 14.4 Å². The Morgan fingerprint density at radius 3 is 2.55 bits per heavy atom. The van der Waals surface area contributed by atoms with Gasteiger partial charge in [0.25, 0.3) is 0 Å². The predicted molar refractivity (Wildman–Crippen MR) is 105 cm³/mol.